The van der Waals surface area contributed by atoms with Crippen LogP contribution in [0.4, 0.5) is 0 Å². The fourth-order valence-electron chi connectivity index (χ4n) is 2.96. The van der Waals surface area contributed by atoms with Crippen LogP contribution >= 0.6 is 26.8 Å². The van der Waals surface area contributed by atoms with Gasteiger partial charge >= 0.3 is 11.7 Å². The molecular weight excluding hydrogens is 403 g/mol. The third-order valence-corrected chi connectivity index (χ3v) is 5.68. The number of hydrogen-bond donors (Lipinski definition) is 1. The number of aromatic nitrogens is 2. The van der Waals surface area contributed by atoms with Crippen LogP contribution in [0.15, 0.2) is 27.8 Å². The van der Waals surface area contributed by atoms with Crippen LogP contribution in [0.2, 0.25) is 0 Å². The first kappa shape index (κ1) is 21.9. The minimum absolute atomic E-state index is 0.0177. The van der Waals surface area contributed by atoms with Gasteiger partial charge in [-0.05, 0) is 37.0 Å². The van der Waals surface area contributed by atoms with Gasteiger partial charge in [0.05, 0.1) is 14.1 Å². The molecule has 1 heterocycles. The zero-order chi connectivity index (χ0) is 20.3. The van der Waals surface area contributed by atoms with Gasteiger partial charge in [0.1, 0.15) is 6.04 Å². The summed E-state index contributed by atoms with van der Waals surface area (Å²) in [4.78, 5) is 36.7. The molecular formula is C17H24N3O4P3. The molecule has 1 N–H and O–H groups in total. The van der Waals surface area contributed by atoms with E-state index < -0.39 is 6.04 Å². The van der Waals surface area contributed by atoms with Crippen molar-refractivity contribution in [1.82, 2.24) is 14.2 Å². The van der Waals surface area contributed by atoms with E-state index >= 15 is 0 Å². The van der Waals surface area contributed by atoms with Crippen LogP contribution in [-0.4, -0.2) is 21.1 Å². The van der Waals surface area contributed by atoms with Crippen LogP contribution in [0, 0.1) is 13.8 Å². The highest BCUT2D eigenvalue weighted by Gasteiger charge is 2.20. The Morgan fingerprint density at radius 3 is 2.48 bits per heavy atom. The number of aryl methyl sites for hydroxylation is 1. The second-order valence-electron chi connectivity index (χ2n) is 6.28. The van der Waals surface area contributed by atoms with Crippen LogP contribution in [0.5, 0.6) is 0 Å². The van der Waals surface area contributed by atoms with Crippen molar-refractivity contribution in [3.8, 4) is 11.1 Å². The van der Waals surface area contributed by atoms with Gasteiger partial charge in [-0.2, -0.15) is 0 Å². The van der Waals surface area contributed by atoms with Crippen molar-refractivity contribution >= 4 is 32.8 Å². The lowest BCUT2D eigenvalue weighted by Gasteiger charge is -2.17. The lowest BCUT2D eigenvalue weighted by Crippen LogP contribution is -2.39. The van der Waals surface area contributed by atoms with Gasteiger partial charge in [-0.3, -0.25) is 19.2 Å². The van der Waals surface area contributed by atoms with Crippen molar-refractivity contribution < 1.29 is 9.32 Å². The Labute approximate surface area is 164 Å². The quantitative estimate of drug-likeness (QED) is 0.709. The third kappa shape index (κ3) is 4.55. The fourth-order valence-corrected chi connectivity index (χ4v) is 3.82. The predicted octanol–water partition coefficient (Wildman–Crippen LogP) is 1.59. The highest BCUT2D eigenvalue weighted by atomic mass is 32.0. The second kappa shape index (κ2) is 9.21. The van der Waals surface area contributed by atoms with Crippen LogP contribution in [0.1, 0.15) is 16.8 Å². The van der Waals surface area contributed by atoms with Crippen molar-refractivity contribution in [2.45, 2.75) is 26.3 Å². The standard InChI is InChI=1S/C17H24N3O4P3/c1-9-7-11(8-13(18-25)16(22)24-27-26)5-6-12(9)14-10(2)19(3)17(23)20(4)15(14)21/h5-7,13,18,27H,8,25-26H2,1-4H3. The number of carbonyl (C=O) groups is 1. The van der Waals surface area contributed by atoms with E-state index in [2.05, 4.69) is 23.4 Å². The Kier molecular flexibility index (Phi) is 7.47. The average Bonchev–Trinajstić information content (AvgIpc) is 2.64. The molecule has 0 spiro atoms. The maximum atomic E-state index is 12.7. The SMILES string of the molecule is Cc1cc(CC(NP)C(=O)OPP)ccc1-c1c(C)n(C)c(=O)n(C)c1=O. The van der Waals surface area contributed by atoms with E-state index in [1.54, 1.807) is 14.0 Å². The molecule has 2 aromatic rings. The van der Waals surface area contributed by atoms with Crippen molar-refractivity contribution in [1.29, 1.82) is 0 Å². The molecule has 1 aromatic heterocycles. The summed E-state index contributed by atoms with van der Waals surface area (Å²) in [5.41, 5.74) is 3.08. The van der Waals surface area contributed by atoms with E-state index in [-0.39, 0.29) is 25.7 Å². The molecule has 0 saturated carbocycles. The van der Waals surface area contributed by atoms with E-state index in [0.29, 0.717) is 17.7 Å². The number of rotatable bonds is 6. The molecule has 4 unspecified atom stereocenters. The van der Waals surface area contributed by atoms with Gasteiger partial charge in [-0.1, -0.05) is 36.5 Å². The summed E-state index contributed by atoms with van der Waals surface area (Å²) in [6.45, 7) is 3.67. The number of carbonyl (C=O) groups excluding carboxylic acids is 1. The summed E-state index contributed by atoms with van der Waals surface area (Å²) in [6.07, 6.45) is 0.461. The van der Waals surface area contributed by atoms with Crippen LogP contribution in [0.25, 0.3) is 11.1 Å². The van der Waals surface area contributed by atoms with E-state index in [9.17, 15) is 14.4 Å². The molecule has 0 aliphatic carbocycles. The molecule has 2 rings (SSSR count). The third-order valence-electron chi connectivity index (χ3n) is 4.60. The Bertz CT molecular complexity index is 985. The van der Waals surface area contributed by atoms with Gasteiger partial charge in [0.25, 0.3) is 5.56 Å². The van der Waals surface area contributed by atoms with Gasteiger partial charge in [0.15, 0.2) is 0 Å². The van der Waals surface area contributed by atoms with E-state index in [0.717, 1.165) is 21.3 Å². The van der Waals surface area contributed by atoms with Crippen LogP contribution < -0.4 is 16.3 Å². The van der Waals surface area contributed by atoms with Gasteiger partial charge in [0, 0.05) is 19.8 Å². The van der Waals surface area contributed by atoms with Crippen molar-refractivity contribution in [2.75, 3.05) is 0 Å². The van der Waals surface area contributed by atoms with E-state index in [1.165, 1.54) is 11.6 Å². The summed E-state index contributed by atoms with van der Waals surface area (Å²) in [7, 11) is 7.87. The smallest absolute Gasteiger partial charge is 0.330 e. The molecule has 146 valence electrons. The van der Waals surface area contributed by atoms with Crippen molar-refractivity contribution in [3.05, 3.63) is 55.9 Å². The van der Waals surface area contributed by atoms with Crippen molar-refractivity contribution in [3.63, 3.8) is 0 Å². The topological polar surface area (TPSA) is 82.3 Å². The summed E-state index contributed by atoms with van der Waals surface area (Å²) >= 11 is 0. The Morgan fingerprint density at radius 2 is 1.93 bits per heavy atom. The first-order chi connectivity index (χ1) is 12.7. The van der Waals surface area contributed by atoms with Crippen LogP contribution in [0.3, 0.4) is 0 Å². The molecule has 10 heteroatoms. The Hall–Kier alpha value is -1.38. The fraction of sp³-hybridized carbons (Fsp3) is 0.353. The lowest BCUT2D eigenvalue weighted by molar-refractivity contribution is -0.135. The summed E-state index contributed by atoms with van der Waals surface area (Å²) in [5.74, 6) is -0.317. The predicted molar refractivity (Wildman–Crippen MR) is 116 cm³/mol. The first-order valence-corrected chi connectivity index (χ1v) is 11.5. The normalized spacial score (nSPS) is 12.5. The van der Waals surface area contributed by atoms with E-state index in [1.807, 2.05) is 25.1 Å². The molecule has 0 saturated heterocycles. The second-order valence-corrected chi connectivity index (χ2v) is 7.76. The van der Waals surface area contributed by atoms with Gasteiger partial charge in [-0.25, -0.2) is 4.79 Å². The minimum Gasteiger partial charge on any atom is -0.443 e. The monoisotopic (exact) mass is 427 g/mol. The van der Waals surface area contributed by atoms with Gasteiger partial charge in [0.2, 0.25) is 0 Å². The number of hydrogen-bond acceptors (Lipinski definition) is 5. The number of nitrogens with one attached hydrogen (secondary N) is 1. The maximum Gasteiger partial charge on any atom is 0.330 e. The summed E-state index contributed by atoms with van der Waals surface area (Å²) in [6, 6.07) is 5.23. The average molecular weight is 427 g/mol. The Morgan fingerprint density at radius 1 is 1.26 bits per heavy atom. The molecule has 7 nitrogen and oxygen atoms in total. The molecule has 0 bridgehead atoms. The van der Waals surface area contributed by atoms with Crippen LogP contribution in [-0.2, 0) is 29.8 Å². The molecule has 0 aliphatic rings. The molecule has 27 heavy (non-hydrogen) atoms. The highest BCUT2D eigenvalue weighted by molar-refractivity contribution is 8.00. The lowest BCUT2D eigenvalue weighted by atomic mass is 9.96. The molecule has 1 aromatic carbocycles. The first-order valence-electron chi connectivity index (χ1n) is 8.21. The molecule has 0 aliphatic heterocycles. The van der Waals surface area contributed by atoms with Gasteiger partial charge < -0.3 is 9.09 Å². The summed E-state index contributed by atoms with van der Waals surface area (Å²) in [5, 5.41) is 2.89. The number of nitrogens with zero attached hydrogens (tertiary/aromatic N) is 2. The maximum absolute atomic E-state index is 12.7. The minimum atomic E-state index is -0.472. The molecule has 4 atom stereocenters. The van der Waals surface area contributed by atoms with E-state index in [4.69, 9.17) is 4.52 Å². The Balaban J connectivity index is 2.46. The number of benzene rings is 1. The molecule has 0 amide bonds. The largest absolute Gasteiger partial charge is 0.443 e. The molecule has 0 radical (unpaired) electrons. The van der Waals surface area contributed by atoms with Gasteiger partial charge in [-0.15, -0.1) is 0 Å². The highest BCUT2D eigenvalue weighted by Crippen LogP contribution is 2.25. The van der Waals surface area contributed by atoms with Crippen molar-refractivity contribution in [2.24, 2.45) is 14.1 Å². The summed E-state index contributed by atoms with van der Waals surface area (Å²) < 4.78 is 7.64. The zero-order valence-corrected chi connectivity index (χ0v) is 19.0. The molecule has 0 fully saturated rings. The zero-order valence-electron chi connectivity index (χ0n) is 15.7.